The van der Waals surface area contributed by atoms with Gasteiger partial charge in [-0.15, -0.1) is 0 Å². The number of likely N-dealkylation sites (N-methyl/N-ethyl adjacent to an activating group) is 1. The molecule has 0 heterocycles. The summed E-state index contributed by atoms with van der Waals surface area (Å²) in [5.41, 5.74) is 9.49. The lowest BCUT2D eigenvalue weighted by Gasteiger charge is -2.31. The second kappa shape index (κ2) is 19.1. The summed E-state index contributed by atoms with van der Waals surface area (Å²) in [6, 6.07) is 0. The summed E-state index contributed by atoms with van der Waals surface area (Å²) in [6.45, 7) is 10.9. The highest BCUT2D eigenvalue weighted by atomic mass is 16.4. The molecule has 8 nitrogen and oxygen atoms in total. The minimum absolute atomic E-state index is 0.0155. The first kappa shape index (κ1) is 28.6. The van der Waals surface area contributed by atoms with E-state index in [0.717, 1.165) is 5.92 Å². The molecule has 0 fully saturated rings. The highest BCUT2D eigenvalue weighted by Gasteiger charge is 2.24. The summed E-state index contributed by atoms with van der Waals surface area (Å²) < 4.78 is 0. The molecule has 0 aromatic carbocycles. The van der Waals surface area contributed by atoms with Gasteiger partial charge in [-0.2, -0.15) is 0 Å². The van der Waals surface area contributed by atoms with Crippen molar-refractivity contribution in [2.45, 2.75) is 52.5 Å². The van der Waals surface area contributed by atoms with Crippen molar-refractivity contribution in [3.63, 3.8) is 0 Å². The molecule has 0 aromatic heterocycles. The largest absolute Gasteiger partial charge is 0.481 e. The van der Waals surface area contributed by atoms with Crippen molar-refractivity contribution in [2.24, 2.45) is 17.4 Å². The van der Waals surface area contributed by atoms with Gasteiger partial charge in [0, 0.05) is 39.0 Å². The number of aliphatic carboxylic acids is 1. The number of carbonyl (C=O) groups excluding carboxylic acids is 1. The normalized spacial score (nSPS) is 12.2. The number of nitrogens with one attached hydrogen (secondary N) is 3. The lowest BCUT2D eigenvalue weighted by Crippen LogP contribution is -2.58. The number of hydrogen-bond donors (Lipinski definition) is 6. The third kappa shape index (κ3) is 25.1. The maximum atomic E-state index is 11.8. The van der Waals surface area contributed by atoms with Gasteiger partial charge in [0.15, 0.2) is 0 Å². The third-order valence-corrected chi connectivity index (χ3v) is 2.64. The van der Waals surface area contributed by atoms with Crippen LogP contribution in [0.2, 0.25) is 0 Å². The Morgan fingerprint density at radius 1 is 1.12 bits per heavy atom. The topological polar surface area (TPSA) is 142 Å². The molecule has 0 bridgehead atoms. The summed E-state index contributed by atoms with van der Waals surface area (Å²) in [4.78, 5) is 22.1. The summed E-state index contributed by atoms with van der Waals surface area (Å²) in [6.07, 6.45) is 0.594. The van der Waals surface area contributed by atoms with E-state index < -0.39 is 11.5 Å². The molecule has 8 heteroatoms. The van der Waals surface area contributed by atoms with Gasteiger partial charge >= 0.3 is 5.97 Å². The van der Waals surface area contributed by atoms with Crippen molar-refractivity contribution in [1.82, 2.24) is 16.0 Å². The van der Waals surface area contributed by atoms with Crippen molar-refractivity contribution in [2.75, 3.05) is 40.3 Å². The van der Waals surface area contributed by atoms with Gasteiger partial charge in [-0.3, -0.25) is 9.59 Å². The molecule has 0 radical (unpaired) electrons. The van der Waals surface area contributed by atoms with Gasteiger partial charge in [0.05, 0.1) is 5.54 Å². The van der Waals surface area contributed by atoms with E-state index in [1.807, 2.05) is 14.0 Å². The number of carboxylic acid groups (broad SMARTS) is 1. The molecule has 8 N–H and O–H groups in total. The van der Waals surface area contributed by atoms with E-state index in [-0.39, 0.29) is 18.7 Å². The van der Waals surface area contributed by atoms with Crippen LogP contribution >= 0.6 is 0 Å². The Morgan fingerprint density at radius 2 is 1.64 bits per heavy atom. The molecular weight excluding hydrogens is 322 g/mol. The second-order valence-electron chi connectivity index (χ2n) is 6.58. The van der Waals surface area contributed by atoms with Crippen molar-refractivity contribution >= 4 is 11.9 Å². The first-order chi connectivity index (χ1) is 11.7. The zero-order valence-corrected chi connectivity index (χ0v) is 16.9. The zero-order valence-electron chi connectivity index (χ0n) is 16.9. The Kier molecular flexibility index (Phi) is 21.8. The van der Waals surface area contributed by atoms with Crippen LogP contribution in [0.1, 0.15) is 47.0 Å². The molecule has 0 rings (SSSR count). The van der Waals surface area contributed by atoms with Gasteiger partial charge in [-0.05, 0) is 33.4 Å². The predicted molar refractivity (Wildman–Crippen MR) is 105 cm³/mol. The van der Waals surface area contributed by atoms with E-state index in [0.29, 0.717) is 32.6 Å². The lowest BCUT2D eigenvalue weighted by atomic mass is 10.0. The average molecular weight is 364 g/mol. The first-order valence-corrected chi connectivity index (χ1v) is 8.82. The molecule has 0 unspecified atom stereocenters. The van der Waals surface area contributed by atoms with E-state index in [9.17, 15) is 9.59 Å². The summed E-state index contributed by atoms with van der Waals surface area (Å²) >= 11 is 0. The molecule has 1 amide bonds. The smallest absolute Gasteiger partial charge is 0.303 e. The standard InChI is InChI=1S/C12H26N4O3.C4H10.CH5N/c1-12(8-14-2,9-15-7-6-13)16-10(17)4-3-5-11(18)19;1-4(2)3;1-2/h14-15H,3-9,13H2,1-2H3,(H,16,17)(H,18,19);4H,1-3H3;2H2,1H3/t12-;;/m0../s1. The average Bonchev–Trinajstić information content (AvgIpc) is 2.48. The molecule has 0 aliphatic heterocycles. The number of carboxylic acids is 1. The van der Waals surface area contributed by atoms with Crippen LogP contribution in [0, 0.1) is 5.92 Å². The van der Waals surface area contributed by atoms with Crippen molar-refractivity contribution in [3.8, 4) is 0 Å². The number of amides is 1. The Morgan fingerprint density at radius 3 is 2.04 bits per heavy atom. The molecule has 0 saturated carbocycles. The number of hydrogen-bond acceptors (Lipinski definition) is 6. The SMILES string of the molecule is CC(C)C.CN.CNC[C@@](C)(CNCCN)NC(=O)CCCC(=O)O. The number of rotatable bonds is 11. The molecule has 0 spiro atoms. The minimum Gasteiger partial charge on any atom is -0.481 e. The predicted octanol–water partition coefficient (Wildman–Crippen LogP) is 0.121. The summed E-state index contributed by atoms with van der Waals surface area (Å²) in [5, 5.41) is 17.7. The molecule has 0 saturated heterocycles. The highest BCUT2D eigenvalue weighted by Crippen LogP contribution is 2.03. The quantitative estimate of drug-likeness (QED) is 0.286. The Labute approximate surface area is 153 Å². The second-order valence-corrected chi connectivity index (χ2v) is 6.58. The van der Waals surface area contributed by atoms with Crippen molar-refractivity contribution in [1.29, 1.82) is 0 Å². The van der Waals surface area contributed by atoms with Crippen LogP contribution in [0.3, 0.4) is 0 Å². The first-order valence-electron chi connectivity index (χ1n) is 8.82. The third-order valence-electron chi connectivity index (χ3n) is 2.64. The fourth-order valence-electron chi connectivity index (χ4n) is 1.81. The monoisotopic (exact) mass is 363 g/mol. The molecule has 0 aliphatic carbocycles. The summed E-state index contributed by atoms with van der Waals surface area (Å²) in [7, 11) is 3.32. The number of nitrogens with two attached hydrogens (primary N) is 2. The molecule has 1 atom stereocenters. The zero-order chi connectivity index (χ0) is 20.3. The van der Waals surface area contributed by atoms with Crippen molar-refractivity contribution < 1.29 is 14.7 Å². The van der Waals surface area contributed by atoms with Gasteiger partial charge < -0.3 is 32.5 Å². The van der Waals surface area contributed by atoms with E-state index in [2.05, 4.69) is 42.5 Å². The van der Waals surface area contributed by atoms with E-state index in [4.69, 9.17) is 10.8 Å². The van der Waals surface area contributed by atoms with Crippen LogP contribution in [-0.4, -0.2) is 62.8 Å². The Bertz CT molecular complexity index is 325. The molecular formula is C17H41N5O3. The number of carbonyl (C=O) groups is 2. The van der Waals surface area contributed by atoms with Gasteiger partial charge in [-0.1, -0.05) is 20.8 Å². The van der Waals surface area contributed by atoms with E-state index >= 15 is 0 Å². The van der Waals surface area contributed by atoms with Crippen LogP contribution < -0.4 is 27.4 Å². The van der Waals surface area contributed by atoms with Crippen LogP contribution in [0.4, 0.5) is 0 Å². The fourth-order valence-corrected chi connectivity index (χ4v) is 1.81. The Hall–Kier alpha value is -1.22. The molecule has 25 heavy (non-hydrogen) atoms. The van der Waals surface area contributed by atoms with Gasteiger partial charge in [0.25, 0.3) is 0 Å². The summed E-state index contributed by atoms with van der Waals surface area (Å²) in [5.74, 6) is -0.177. The van der Waals surface area contributed by atoms with E-state index in [1.54, 1.807) is 0 Å². The van der Waals surface area contributed by atoms with Gasteiger partial charge in [0.1, 0.15) is 0 Å². The maximum Gasteiger partial charge on any atom is 0.303 e. The highest BCUT2D eigenvalue weighted by molar-refractivity contribution is 5.77. The molecule has 0 aliphatic rings. The molecule has 152 valence electrons. The van der Waals surface area contributed by atoms with Crippen LogP contribution in [0.25, 0.3) is 0 Å². The maximum absolute atomic E-state index is 11.8. The van der Waals surface area contributed by atoms with Crippen LogP contribution in [-0.2, 0) is 9.59 Å². The van der Waals surface area contributed by atoms with Crippen LogP contribution in [0.5, 0.6) is 0 Å². The lowest BCUT2D eigenvalue weighted by molar-refractivity contribution is -0.137. The Balaban J connectivity index is -0.000000701. The molecule has 0 aromatic rings. The van der Waals surface area contributed by atoms with Gasteiger partial charge in [0.2, 0.25) is 5.91 Å². The van der Waals surface area contributed by atoms with E-state index in [1.165, 1.54) is 7.05 Å². The van der Waals surface area contributed by atoms with Crippen molar-refractivity contribution in [3.05, 3.63) is 0 Å². The van der Waals surface area contributed by atoms with Gasteiger partial charge in [-0.25, -0.2) is 0 Å². The minimum atomic E-state index is -0.879. The fraction of sp³-hybridized carbons (Fsp3) is 0.882. The van der Waals surface area contributed by atoms with Crippen LogP contribution in [0.15, 0.2) is 0 Å².